The first kappa shape index (κ1) is 6.23. The first-order valence-electron chi connectivity index (χ1n) is 3.89. The molecule has 1 unspecified atom stereocenters. The van der Waals surface area contributed by atoms with Crippen LogP contribution >= 0.6 is 0 Å². The first-order valence-corrected chi connectivity index (χ1v) is 3.89. The Morgan fingerprint density at radius 3 is 2.90 bits per heavy atom. The minimum atomic E-state index is -0.289. The molecule has 1 N–H and O–H groups in total. The summed E-state index contributed by atoms with van der Waals surface area (Å²) in [5, 5.41) is 9.50. The van der Waals surface area contributed by atoms with Gasteiger partial charge < -0.3 is 9.84 Å². The van der Waals surface area contributed by atoms with Crippen LogP contribution in [0.2, 0.25) is 0 Å². The summed E-state index contributed by atoms with van der Waals surface area (Å²) in [4.78, 5) is 0. The zero-order chi connectivity index (χ0) is 6.97. The molecule has 2 rings (SSSR count). The molecule has 1 atom stereocenters. The predicted octanol–water partition coefficient (Wildman–Crippen LogP) is 1.06. The minimum absolute atomic E-state index is 0.289. The van der Waals surface area contributed by atoms with Crippen LogP contribution in [0.4, 0.5) is 0 Å². The highest BCUT2D eigenvalue weighted by Gasteiger charge is 2.33. The molecule has 2 heteroatoms. The van der Waals surface area contributed by atoms with E-state index in [0.717, 1.165) is 18.8 Å². The number of aliphatic hydroxyl groups is 1. The van der Waals surface area contributed by atoms with E-state index in [1.54, 1.807) is 0 Å². The van der Waals surface area contributed by atoms with Crippen LogP contribution in [-0.2, 0) is 4.74 Å². The largest absolute Gasteiger partial charge is 0.495 e. The second-order valence-electron chi connectivity index (χ2n) is 3.03. The number of ether oxygens (including phenoxy) is 1. The molecule has 1 heterocycles. The highest BCUT2D eigenvalue weighted by Crippen LogP contribution is 2.36. The Bertz CT molecular complexity index is 159. The van der Waals surface area contributed by atoms with Crippen LogP contribution in [0.15, 0.2) is 11.8 Å². The van der Waals surface area contributed by atoms with Gasteiger partial charge in [-0.25, -0.2) is 0 Å². The van der Waals surface area contributed by atoms with E-state index in [1.165, 1.54) is 12.8 Å². The molecule has 0 amide bonds. The summed E-state index contributed by atoms with van der Waals surface area (Å²) in [5.74, 6) is 1.33. The smallest absolute Gasteiger partial charge is 0.121 e. The SMILES string of the molecule is OC(C1=CCCO1)C1CC1. The van der Waals surface area contributed by atoms with Crippen LogP contribution in [0.1, 0.15) is 19.3 Å². The molecule has 1 aliphatic heterocycles. The molecule has 0 saturated heterocycles. The fourth-order valence-electron chi connectivity index (χ4n) is 1.29. The van der Waals surface area contributed by atoms with Crippen LogP contribution in [0.3, 0.4) is 0 Å². The van der Waals surface area contributed by atoms with Gasteiger partial charge in [0.1, 0.15) is 11.9 Å². The minimum Gasteiger partial charge on any atom is -0.495 e. The van der Waals surface area contributed by atoms with Gasteiger partial charge in [-0.2, -0.15) is 0 Å². The molecule has 2 aliphatic rings. The van der Waals surface area contributed by atoms with Crippen molar-refractivity contribution >= 4 is 0 Å². The monoisotopic (exact) mass is 140 g/mol. The molecule has 0 aromatic heterocycles. The number of hydrogen-bond donors (Lipinski definition) is 1. The third kappa shape index (κ3) is 1.03. The number of hydrogen-bond acceptors (Lipinski definition) is 2. The van der Waals surface area contributed by atoms with Crippen LogP contribution in [0.25, 0.3) is 0 Å². The summed E-state index contributed by atoms with van der Waals surface area (Å²) in [6.07, 6.45) is 5.02. The molecule has 2 nitrogen and oxygen atoms in total. The van der Waals surface area contributed by atoms with Gasteiger partial charge in [-0.3, -0.25) is 0 Å². The molecular formula is C8H12O2. The average molecular weight is 140 g/mol. The van der Waals surface area contributed by atoms with Crippen molar-refractivity contribution in [3.63, 3.8) is 0 Å². The Balaban J connectivity index is 1.95. The summed E-state index contributed by atoms with van der Waals surface area (Å²) < 4.78 is 5.23. The molecule has 0 aromatic rings. The average Bonchev–Trinajstić information content (AvgIpc) is 2.65. The molecule has 1 saturated carbocycles. The van der Waals surface area contributed by atoms with Gasteiger partial charge in [-0.1, -0.05) is 0 Å². The van der Waals surface area contributed by atoms with Gasteiger partial charge in [0.05, 0.1) is 6.61 Å². The van der Waals surface area contributed by atoms with Gasteiger partial charge in [0.2, 0.25) is 0 Å². The molecule has 1 fully saturated rings. The zero-order valence-corrected chi connectivity index (χ0v) is 5.92. The molecule has 0 spiro atoms. The van der Waals surface area contributed by atoms with Crippen LogP contribution < -0.4 is 0 Å². The van der Waals surface area contributed by atoms with E-state index in [4.69, 9.17) is 4.74 Å². The van der Waals surface area contributed by atoms with E-state index in [9.17, 15) is 5.11 Å². The fourth-order valence-corrected chi connectivity index (χ4v) is 1.29. The van der Waals surface area contributed by atoms with E-state index in [-0.39, 0.29) is 6.10 Å². The normalized spacial score (nSPS) is 27.5. The molecule has 0 aromatic carbocycles. The lowest BCUT2D eigenvalue weighted by atomic mass is 10.2. The van der Waals surface area contributed by atoms with E-state index in [2.05, 4.69) is 0 Å². The maximum Gasteiger partial charge on any atom is 0.121 e. The Labute approximate surface area is 60.5 Å². The topological polar surface area (TPSA) is 29.5 Å². The molecule has 56 valence electrons. The van der Waals surface area contributed by atoms with Crippen LogP contribution in [0, 0.1) is 5.92 Å². The summed E-state index contributed by atoms with van der Waals surface area (Å²) >= 11 is 0. The third-order valence-corrected chi connectivity index (χ3v) is 2.09. The second kappa shape index (κ2) is 2.27. The van der Waals surface area contributed by atoms with Gasteiger partial charge in [0, 0.05) is 6.42 Å². The van der Waals surface area contributed by atoms with Crippen molar-refractivity contribution in [1.82, 2.24) is 0 Å². The molecule has 0 radical (unpaired) electrons. The molecule has 0 bridgehead atoms. The second-order valence-corrected chi connectivity index (χ2v) is 3.03. The van der Waals surface area contributed by atoms with Gasteiger partial charge >= 0.3 is 0 Å². The first-order chi connectivity index (χ1) is 4.88. The maximum absolute atomic E-state index is 9.50. The van der Waals surface area contributed by atoms with Crippen molar-refractivity contribution in [3.8, 4) is 0 Å². The van der Waals surface area contributed by atoms with Crippen molar-refractivity contribution in [2.75, 3.05) is 6.61 Å². The van der Waals surface area contributed by atoms with Crippen molar-refractivity contribution in [2.45, 2.75) is 25.4 Å². The van der Waals surface area contributed by atoms with Gasteiger partial charge in [-0.15, -0.1) is 0 Å². The van der Waals surface area contributed by atoms with Crippen LogP contribution in [0.5, 0.6) is 0 Å². The quantitative estimate of drug-likeness (QED) is 0.621. The zero-order valence-electron chi connectivity index (χ0n) is 5.92. The molecule has 10 heavy (non-hydrogen) atoms. The lowest BCUT2D eigenvalue weighted by Gasteiger charge is -2.09. The number of aliphatic hydroxyl groups excluding tert-OH is 1. The maximum atomic E-state index is 9.50. The fraction of sp³-hybridized carbons (Fsp3) is 0.750. The highest BCUT2D eigenvalue weighted by molar-refractivity contribution is 5.08. The molecular weight excluding hydrogens is 128 g/mol. The van der Waals surface area contributed by atoms with Crippen molar-refractivity contribution in [1.29, 1.82) is 0 Å². The number of rotatable bonds is 2. The lowest BCUT2D eigenvalue weighted by molar-refractivity contribution is 0.103. The molecule has 1 aliphatic carbocycles. The van der Waals surface area contributed by atoms with E-state index >= 15 is 0 Å². The standard InChI is InChI=1S/C8H12O2/c9-8(6-3-4-6)7-2-1-5-10-7/h2,6,8-9H,1,3-5H2. The summed E-state index contributed by atoms with van der Waals surface area (Å²) in [6.45, 7) is 0.763. The van der Waals surface area contributed by atoms with Crippen molar-refractivity contribution in [3.05, 3.63) is 11.8 Å². The Hall–Kier alpha value is -0.500. The summed E-state index contributed by atoms with van der Waals surface area (Å²) in [7, 11) is 0. The van der Waals surface area contributed by atoms with E-state index in [0.29, 0.717) is 5.92 Å². The van der Waals surface area contributed by atoms with E-state index in [1.807, 2.05) is 6.08 Å². The van der Waals surface area contributed by atoms with Crippen molar-refractivity contribution < 1.29 is 9.84 Å². The Morgan fingerprint density at radius 1 is 1.60 bits per heavy atom. The summed E-state index contributed by atoms with van der Waals surface area (Å²) in [5.41, 5.74) is 0. The van der Waals surface area contributed by atoms with Crippen molar-refractivity contribution in [2.24, 2.45) is 5.92 Å². The lowest BCUT2D eigenvalue weighted by Crippen LogP contribution is -2.12. The van der Waals surface area contributed by atoms with Gasteiger partial charge in [0.25, 0.3) is 0 Å². The Morgan fingerprint density at radius 2 is 2.40 bits per heavy atom. The third-order valence-electron chi connectivity index (χ3n) is 2.09. The highest BCUT2D eigenvalue weighted by atomic mass is 16.5. The Kier molecular flexibility index (Phi) is 1.42. The van der Waals surface area contributed by atoms with E-state index < -0.39 is 0 Å². The van der Waals surface area contributed by atoms with Gasteiger partial charge in [0.15, 0.2) is 0 Å². The predicted molar refractivity (Wildman–Crippen MR) is 37.4 cm³/mol. The van der Waals surface area contributed by atoms with Crippen LogP contribution in [-0.4, -0.2) is 17.8 Å². The summed E-state index contributed by atoms with van der Waals surface area (Å²) in [6, 6.07) is 0. The van der Waals surface area contributed by atoms with Gasteiger partial charge in [-0.05, 0) is 24.8 Å².